The highest BCUT2D eigenvalue weighted by molar-refractivity contribution is 8.00. The van der Waals surface area contributed by atoms with Crippen molar-refractivity contribution in [2.45, 2.75) is 24.3 Å². The first-order chi connectivity index (χ1) is 13.8. The molecule has 9 heteroatoms. The second kappa shape index (κ2) is 8.87. The number of carbonyl (C=O) groups is 2. The predicted molar refractivity (Wildman–Crippen MR) is 111 cm³/mol. The summed E-state index contributed by atoms with van der Waals surface area (Å²) in [6.07, 6.45) is 0. The van der Waals surface area contributed by atoms with Crippen LogP contribution in [-0.4, -0.2) is 31.8 Å². The summed E-state index contributed by atoms with van der Waals surface area (Å²) in [6, 6.07) is 13.2. The topological polar surface area (TPSA) is 88.9 Å². The smallest absolute Gasteiger partial charge is 0.237 e. The molecule has 0 fully saturated rings. The first-order valence-electron chi connectivity index (χ1n) is 8.84. The maximum Gasteiger partial charge on any atom is 0.237 e. The lowest BCUT2D eigenvalue weighted by Crippen LogP contribution is -2.22. The highest BCUT2D eigenvalue weighted by atomic mass is 32.2. The molecule has 3 aromatic rings. The van der Waals surface area contributed by atoms with Crippen molar-refractivity contribution in [3.8, 4) is 11.4 Å². The Balaban J connectivity index is 1.66. The fourth-order valence-electron chi connectivity index (χ4n) is 2.59. The second-order valence-corrected chi connectivity index (χ2v) is 7.66. The van der Waals surface area contributed by atoms with Gasteiger partial charge in [0.1, 0.15) is 5.82 Å². The quantitative estimate of drug-likeness (QED) is 0.602. The van der Waals surface area contributed by atoms with Crippen LogP contribution in [0.25, 0.3) is 11.4 Å². The van der Waals surface area contributed by atoms with Crippen molar-refractivity contribution in [1.29, 1.82) is 0 Å². The molecular weight excluding hydrogens is 393 g/mol. The van der Waals surface area contributed by atoms with Crippen molar-refractivity contribution in [3.05, 3.63) is 54.3 Å². The van der Waals surface area contributed by atoms with Gasteiger partial charge in [0.25, 0.3) is 0 Å². The van der Waals surface area contributed by atoms with Gasteiger partial charge in [-0.2, -0.15) is 0 Å². The van der Waals surface area contributed by atoms with E-state index in [9.17, 15) is 14.0 Å². The summed E-state index contributed by atoms with van der Waals surface area (Å²) >= 11 is 1.23. The van der Waals surface area contributed by atoms with Gasteiger partial charge in [-0.25, -0.2) is 4.39 Å². The highest BCUT2D eigenvalue weighted by Gasteiger charge is 2.20. The standard InChI is InChI=1S/C20H20FN5O2S/c1-12(19(28)23-15-10-8-14(9-11-15)22-13(2)27)29-20-25-24-18(26(20)3)16-6-4-5-7-17(16)21/h4-12H,1-3H3,(H,22,27)(H,23,28)/t12-/m0/s1. The zero-order valence-corrected chi connectivity index (χ0v) is 17.0. The van der Waals surface area contributed by atoms with Crippen molar-refractivity contribution in [3.63, 3.8) is 0 Å². The molecule has 1 aromatic heterocycles. The Bertz CT molecular complexity index is 1040. The molecule has 0 aliphatic heterocycles. The minimum Gasteiger partial charge on any atom is -0.326 e. The fraction of sp³-hybridized carbons (Fsp3) is 0.200. The van der Waals surface area contributed by atoms with Crippen LogP contribution in [0.5, 0.6) is 0 Å². The Hall–Kier alpha value is -3.20. The number of nitrogens with one attached hydrogen (secondary N) is 2. The number of hydrogen-bond acceptors (Lipinski definition) is 5. The van der Waals surface area contributed by atoms with Crippen molar-refractivity contribution >= 4 is 35.0 Å². The Kier molecular flexibility index (Phi) is 6.28. The number of thioether (sulfide) groups is 1. The van der Waals surface area contributed by atoms with E-state index in [-0.39, 0.29) is 17.6 Å². The second-order valence-electron chi connectivity index (χ2n) is 6.35. The molecule has 0 unspecified atom stereocenters. The van der Waals surface area contributed by atoms with Gasteiger partial charge in [-0.15, -0.1) is 10.2 Å². The maximum absolute atomic E-state index is 14.0. The summed E-state index contributed by atoms with van der Waals surface area (Å²) in [5.74, 6) is -0.359. The lowest BCUT2D eigenvalue weighted by Gasteiger charge is -2.12. The summed E-state index contributed by atoms with van der Waals surface area (Å²) in [4.78, 5) is 23.6. The van der Waals surface area contributed by atoms with Crippen molar-refractivity contribution in [2.75, 3.05) is 10.6 Å². The van der Waals surface area contributed by atoms with Crippen LogP contribution in [0.3, 0.4) is 0 Å². The van der Waals surface area contributed by atoms with Crippen LogP contribution in [0, 0.1) is 5.82 Å². The first-order valence-corrected chi connectivity index (χ1v) is 9.72. The average Bonchev–Trinajstić information content (AvgIpc) is 3.03. The monoisotopic (exact) mass is 413 g/mol. The molecule has 0 radical (unpaired) electrons. The van der Waals surface area contributed by atoms with Gasteiger partial charge in [-0.1, -0.05) is 23.9 Å². The van der Waals surface area contributed by atoms with E-state index >= 15 is 0 Å². The van der Waals surface area contributed by atoms with E-state index in [0.29, 0.717) is 27.9 Å². The van der Waals surface area contributed by atoms with Crippen molar-refractivity contribution in [1.82, 2.24) is 14.8 Å². The number of halogens is 1. The van der Waals surface area contributed by atoms with Crippen LogP contribution in [0.2, 0.25) is 0 Å². The molecule has 2 amide bonds. The largest absolute Gasteiger partial charge is 0.326 e. The van der Waals surface area contributed by atoms with Crippen LogP contribution >= 0.6 is 11.8 Å². The molecule has 0 aliphatic rings. The lowest BCUT2D eigenvalue weighted by atomic mass is 10.2. The van der Waals surface area contributed by atoms with Crippen LogP contribution in [0.1, 0.15) is 13.8 Å². The van der Waals surface area contributed by atoms with Gasteiger partial charge in [0.05, 0.1) is 10.8 Å². The Labute approximate surface area is 171 Å². The minimum atomic E-state index is -0.457. The zero-order valence-electron chi connectivity index (χ0n) is 16.1. The third-order valence-corrected chi connectivity index (χ3v) is 5.21. The molecule has 1 heterocycles. The maximum atomic E-state index is 14.0. The van der Waals surface area contributed by atoms with Crippen LogP contribution in [0.15, 0.2) is 53.7 Å². The molecule has 150 valence electrons. The van der Waals surface area contributed by atoms with Crippen LogP contribution in [-0.2, 0) is 16.6 Å². The SMILES string of the molecule is CC(=O)Nc1ccc(NC(=O)[C@H](C)Sc2nnc(-c3ccccc3F)n2C)cc1. The third kappa shape index (κ3) is 5.00. The number of anilines is 2. The van der Waals surface area contributed by atoms with Gasteiger partial charge in [0.2, 0.25) is 11.8 Å². The van der Waals surface area contributed by atoms with E-state index < -0.39 is 5.25 Å². The van der Waals surface area contributed by atoms with Gasteiger partial charge in [-0.3, -0.25) is 9.59 Å². The molecule has 29 heavy (non-hydrogen) atoms. The molecule has 3 rings (SSSR count). The number of rotatable bonds is 6. The molecule has 0 spiro atoms. The number of hydrogen-bond donors (Lipinski definition) is 2. The summed E-state index contributed by atoms with van der Waals surface area (Å²) in [7, 11) is 1.73. The number of aromatic nitrogens is 3. The Morgan fingerprint density at radius 1 is 1.03 bits per heavy atom. The molecule has 2 N–H and O–H groups in total. The summed E-state index contributed by atoms with van der Waals surface area (Å²) in [6.45, 7) is 3.18. The van der Waals surface area contributed by atoms with Crippen molar-refractivity contribution in [2.24, 2.45) is 7.05 Å². The van der Waals surface area contributed by atoms with E-state index in [1.54, 1.807) is 61.0 Å². The van der Waals surface area contributed by atoms with Gasteiger partial charge in [-0.05, 0) is 43.3 Å². The zero-order chi connectivity index (χ0) is 21.0. The fourth-order valence-corrected chi connectivity index (χ4v) is 3.41. The van der Waals surface area contributed by atoms with E-state index in [0.717, 1.165) is 0 Å². The third-order valence-electron chi connectivity index (χ3n) is 4.07. The average molecular weight is 413 g/mol. The number of benzene rings is 2. The molecule has 7 nitrogen and oxygen atoms in total. The Morgan fingerprint density at radius 2 is 1.66 bits per heavy atom. The molecular formula is C20H20FN5O2S. The van der Waals surface area contributed by atoms with Crippen molar-refractivity contribution < 1.29 is 14.0 Å². The normalized spacial score (nSPS) is 11.7. The first kappa shape index (κ1) is 20.5. The van der Waals surface area contributed by atoms with E-state index in [1.165, 1.54) is 24.8 Å². The number of carbonyl (C=O) groups excluding carboxylic acids is 2. The van der Waals surface area contributed by atoms with E-state index in [1.807, 2.05) is 0 Å². The van der Waals surface area contributed by atoms with E-state index in [2.05, 4.69) is 20.8 Å². The van der Waals surface area contributed by atoms with Gasteiger partial charge < -0.3 is 15.2 Å². The molecule has 1 atom stereocenters. The molecule has 0 aliphatic carbocycles. The van der Waals surface area contributed by atoms with Gasteiger partial charge in [0, 0.05) is 25.3 Å². The van der Waals surface area contributed by atoms with Crippen LogP contribution < -0.4 is 10.6 Å². The highest BCUT2D eigenvalue weighted by Crippen LogP contribution is 2.27. The predicted octanol–water partition coefficient (Wildman–Crippen LogP) is 3.70. The molecule has 0 bridgehead atoms. The molecule has 2 aromatic carbocycles. The number of amides is 2. The van der Waals surface area contributed by atoms with Crippen LogP contribution in [0.4, 0.5) is 15.8 Å². The van der Waals surface area contributed by atoms with Gasteiger partial charge in [0.15, 0.2) is 11.0 Å². The lowest BCUT2D eigenvalue weighted by molar-refractivity contribution is -0.115. The summed E-state index contributed by atoms with van der Waals surface area (Å²) < 4.78 is 15.7. The Morgan fingerprint density at radius 3 is 2.28 bits per heavy atom. The van der Waals surface area contributed by atoms with E-state index in [4.69, 9.17) is 0 Å². The number of nitrogens with zero attached hydrogens (tertiary/aromatic N) is 3. The van der Waals surface area contributed by atoms with Gasteiger partial charge >= 0.3 is 0 Å². The minimum absolute atomic E-state index is 0.162. The summed E-state index contributed by atoms with van der Waals surface area (Å²) in [5.41, 5.74) is 1.62. The molecule has 0 saturated carbocycles. The summed E-state index contributed by atoms with van der Waals surface area (Å²) in [5, 5.41) is 13.7. The molecule has 0 saturated heterocycles.